The molecule has 0 radical (unpaired) electrons. The lowest BCUT2D eigenvalue weighted by Crippen LogP contribution is -2.56. The first-order chi connectivity index (χ1) is 7.34. The molecular weight excluding hydrogens is 190 g/mol. The van der Waals surface area contributed by atoms with Gasteiger partial charge in [0.2, 0.25) is 0 Å². The normalized spacial score (nSPS) is 21.4. The van der Waals surface area contributed by atoms with Gasteiger partial charge in [-0.15, -0.1) is 0 Å². The van der Waals surface area contributed by atoms with Crippen molar-refractivity contribution in [2.75, 3.05) is 13.1 Å². The third-order valence-corrected chi connectivity index (χ3v) is 3.19. The highest BCUT2D eigenvalue weighted by atomic mass is 16.5. The van der Waals surface area contributed by atoms with Crippen LogP contribution in [0.2, 0.25) is 0 Å². The first-order valence-electron chi connectivity index (χ1n) is 5.54. The summed E-state index contributed by atoms with van der Waals surface area (Å²) in [5.41, 5.74) is 2.19. The Morgan fingerprint density at radius 3 is 3.07 bits per heavy atom. The molecule has 1 fully saturated rings. The fraction of sp³-hybridized carbons (Fsp3) is 0.636. The van der Waals surface area contributed by atoms with Gasteiger partial charge in [-0.2, -0.15) is 0 Å². The number of aryl methyl sites for hydroxylation is 1. The van der Waals surface area contributed by atoms with E-state index in [1.807, 2.05) is 6.20 Å². The molecule has 1 aromatic heterocycles. The summed E-state index contributed by atoms with van der Waals surface area (Å²) in [6, 6.07) is 0. The van der Waals surface area contributed by atoms with E-state index in [2.05, 4.69) is 22.2 Å². The third-order valence-electron chi connectivity index (χ3n) is 3.19. The molecule has 15 heavy (non-hydrogen) atoms. The van der Waals surface area contributed by atoms with E-state index >= 15 is 0 Å². The molecule has 0 aliphatic carbocycles. The van der Waals surface area contributed by atoms with Crippen LogP contribution in [-0.2, 0) is 23.4 Å². The average molecular weight is 205 g/mol. The summed E-state index contributed by atoms with van der Waals surface area (Å²) < 4.78 is 5.81. The summed E-state index contributed by atoms with van der Waals surface area (Å²) in [5.74, 6) is 0.948. The number of aromatic nitrogens is 2. The smallest absolute Gasteiger partial charge is 0.128 e. The summed E-state index contributed by atoms with van der Waals surface area (Å²) >= 11 is 0. The van der Waals surface area contributed by atoms with Gasteiger partial charge in [0.25, 0.3) is 0 Å². The van der Waals surface area contributed by atoms with Gasteiger partial charge in [0.05, 0.1) is 12.3 Å². The van der Waals surface area contributed by atoms with Gasteiger partial charge < -0.3 is 10.1 Å². The molecule has 2 aliphatic heterocycles. The topological polar surface area (TPSA) is 47.0 Å². The Morgan fingerprint density at radius 2 is 2.40 bits per heavy atom. The maximum absolute atomic E-state index is 5.81. The molecule has 0 bridgehead atoms. The van der Waals surface area contributed by atoms with E-state index in [9.17, 15) is 0 Å². The number of hydrogen-bond acceptors (Lipinski definition) is 4. The van der Waals surface area contributed by atoms with Crippen molar-refractivity contribution in [2.45, 2.75) is 32.0 Å². The predicted octanol–water partition coefficient (Wildman–Crippen LogP) is 0.758. The molecule has 4 heteroatoms. The van der Waals surface area contributed by atoms with Crippen LogP contribution < -0.4 is 5.32 Å². The van der Waals surface area contributed by atoms with Gasteiger partial charge >= 0.3 is 0 Å². The van der Waals surface area contributed by atoms with Gasteiger partial charge in [-0.25, -0.2) is 9.97 Å². The van der Waals surface area contributed by atoms with E-state index in [0.717, 1.165) is 37.4 Å². The van der Waals surface area contributed by atoms with Crippen LogP contribution in [0.25, 0.3) is 0 Å². The summed E-state index contributed by atoms with van der Waals surface area (Å²) in [7, 11) is 0. The van der Waals surface area contributed by atoms with Crippen LogP contribution in [0.4, 0.5) is 0 Å². The van der Waals surface area contributed by atoms with E-state index in [1.165, 1.54) is 5.56 Å². The minimum absolute atomic E-state index is 0.0971. The maximum atomic E-state index is 5.81. The van der Waals surface area contributed by atoms with E-state index in [0.29, 0.717) is 6.61 Å². The summed E-state index contributed by atoms with van der Waals surface area (Å²) in [6.45, 7) is 4.59. The lowest BCUT2D eigenvalue weighted by atomic mass is 9.90. The fourth-order valence-electron chi connectivity index (χ4n) is 2.22. The Bertz CT molecular complexity index is 387. The van der Waals surface area contributed by atoms with Crippen molar-refractivity contribution in [3.8, 4) is 0 Å². The standard InChI is InChI=1S/C11H15N3O/c1-2-3-10-13-4-8-9(14-10)5-15-11(8)6-12-7-11/h4,12H,2-3,5-7H2,1H3. The van der Waals surface area contributed by atoms with Gasteiger partial charge in [-0.3, -0.25) is 0 Å². The van der Waals surface area contributed by atoms with Gasteiger partial charge in [0.1, 0.15) is 11.4 Å². The van der Waals surface area contributed by atoms with Crippen molar-refractivity contribution in [1.29, 1.82) is 0 Å². The number of nitrogens with one attached hydrogen (secondary N) is 1. The van der Waals surface area contributed by atoms with Gasteiger partial charge in [0.15, 0.2) is 0 Å². The van der Waals surface area contributed by atoms with E-state index in [1.54, 1.807) is 0 Å². The molecule has 0 saturated carbocycles. The second kappa shape index (κ2) is 3.25. The molecule has 1 saturated heterocycles. The number of nitrogens with zero attached hydrogens (tertiary/aromatic N) is 2. The summed E-state index contributed by atoms with van der Waals surface area (Å²) in [4.78, 5) is 8.95. The molecule has 0 amide bonds. The quantitative estimate of drug-likeness (QED) is 0.774. The molecule has 0 aromatic carbocycles. The Hall–Kier alpha value is -1.00. The Kier molecular flexibility index (Phi) is 2.00. The molecule has 0 unspecified atom stereocenters. The second-order valence-electron chi connectivity index (χ2n) is 4.28. The predicted molar refractivity (Wildman–Crippen MR) is 55.4 cm³/mol. The van der Waals surface area contributed by atoms with E-state index in [-0.39, 0.29) is 5.60 Å². The SMILES string of the molecule is CCCc1ncc2c(n1)COC21CNC1. The monoisotopic (exact) mass is 205 g/mol. The van der Waals surface area contributed by atoms with Crippen molar-refractivity contribution >= 4 is 0 Å². The Balaban J connectivity index is 1.95. The molecule has 4 nitrogen and oxygen atoms in total. The van der Waals surface area contributed by atoms with Crippen molar-refractivity contribution in [2.24, 2.45) is 0 Å². The molecule has 80 valence electrons. The third kappa shape index (κ3) is 1.28. The van der Waals surface area contributed by atoms with Crippen molar-refractivity contribution in [1.82, 2.24) is 15.3 Å². The van der Waals surface area contributed by atoms with Crippen molar-refractivity contribution in [3.63, 3.8) is 0 Å². The van der Waals surface area contributed by atoms with Crippen LogP contribution in [0.5, 0.6) is 0 Å². The Morgan fingerprint density at radius 1 is 1.53 bits per heavy atom. The first kappa shape index (κ1) is 9.24. The average Bonchev–Trinajstić information content (AvgIpc) is 2.56. The van der Waals surface area contributed by atoms with Gasteiger partial charge in [0, 0.05) is 31.3 Å². The molecule has 1 spiro atoms. The minimum atomic E-state index is -0.0971. The number of fused-ring (bicyclic) bond motifs is 2. The molecule has 1 N–H and O–H groups in total. The van der Waals surface area contributed by atoms with Crippen LogP contribution >= 0.6 is 0 Å². The van der Waals surface area contributed by atoms with E-state index < -0.39 is 0 Å². The zero-order valence-electron chi connectivity index (χ0n) is 8.92. The molecule has 3 heterocycles. The molecule has 0 atom stereocenters. The maximum Gasteiger partial charge on any atom is 0.128 e. The van der Waals surface area contributed by atoms with Crippen LogP contribution in [0.1, 0.15) is 30.4 Å². The molecule has 3 rings (SSSR count). The van der Waals surface area contributed by atoms with Crippen LogP contribution in [0.15, 0.2) is 6.20 Å². The number of ether oxygens (including phenoxy) is 1. The molecular formula is C11H15N3O. The fourth-order valence-corrected chi connectivity index (χ4v) is 2.22. The van der Waals surface area contributed by atoms with Gasteiger partial charge in [-0.05, 0) is 6.42 Å². The number of rotatable bonds is 2. The second-order valence-corrected chi connectivity index (χ2v) is 4.28. The van der Waals surface area contributed by atoms with Crippen LogP contribution in [-0.4, -0.2) is 23.1 Å². The largest absolute Gasteiger partial charge is 0.361 e. The lowest BCUT2D eigenvalue weighted by Gasteiger charge is -2.38. The molecule has 1 aromatic rings. The highest BCUT2D eigenvalue weighted by Crippen LogP contribution is 2.37. The van der Waals surface area contributed by atoms with Crippen molar-refractivity contribution in [3.05, 3.63) is 23.3 Å². The van der Waals surface area contributed by atoms with Gasteiger partial charge in [-0.1, -0.05) is 6.92 Å². The zero-order chi connectivity index (χ0) is 10.3. The highest BCUT2D eigenvalue weighted by Gasteiger charge is 2.46. The minimum Gasteiger partial charge on any atom is -0.361 e. The summed E-state index contributed by atoms with van der Waals surface area (Å²) in [6.07, 6.45) is 4.01. The zero-order valence-corrected chi connectivity index (χ0v) is 8.92. The summed E-state index contributed by atoms with van der Waals surface area (Å²) in [5, 5.41) is 3.24. The molecule has 2 aliphatic rings. The van der Waals surface area contributed by atoms with E-state index in [4.69, 9.17) is 4.74 Å². The van der Waals surface area contributed by atoms with Crippen LogP contribution in [0.3, 0.4) is 0 Å². The highest BCUT2D eigenvalue weighted by molar-refractivity contribution is 5.32. The Labute approximate surface area is 89.1 Å². The van der Waals surface area contributed by atoms with Crippen molar-refractivity contribution < 1.29 is 4.74 Å². The van der Waals surface area contributed by atoms with Crippen LogP contribution in [0, 0.1) is 0 Å². The first-order valence-corrected chi connectivity index (χ1v) is 5.54. The number of hydrogen-bond donors (Lipinski definition) is 1. The lowest BCUT2D eigenvalue weighted by molar-refractivity contribution is -0.0750.